The molecule has 18 heavy (non-hydrogen) atoms. The third kappa shape index (κ3) is 2.26. The van der Waals surface area contributed by atoms with E-state index in [9.17, 15) is 20.2 Å². The number of rotatable bonds is 4. The van der Waals surface area contributed by atoms with Gasteiger partial charge in [-0.05, 0) is 19.8 Å². The van der Waals surface area contributed by atoms with Crippen molar-refractivity contribution in [1.82, 2.24) is 30.4 Å². The zero-order valence-electron chi connectivity index (χ0n) is 8.21. The maximum Gasteiger partial charge on any atom is 0.455 e. The number of azo groups is 1. The van der Waals surface area contributed by atoms with Gasteiger partial charge in [0.1, 0.15) is 0 Å². The van der Waals surface area contributed by atoms with Crippen LogP contribution in [0.4, 0.5) is 23.8 Å². The predicted octanol–water partition coefficient (Wildman–Crippen LogP) is 0.155. The molecule has 0 unspecified atom stereocenters. The van der Waals surface area contributed by atoms with E-state index in [-0.39, 0.29) is 11.9 Å². The fourth-order valence-electron chi connectivity index (χ4n) is 0.832. The highest BCUT2D eigenvalue weighted by Crippen LogP contribution is 2.14. The second-order valence-electron chi connectivity index (χ2n) is 2.63. The first-order chi connectivity index (χ1) is 8.56. The lowest BCUT2D eigenvalue weighted by molar-refractivity contribution is -0.394. The molecule has 0 amide bonds. The first kappa shape index (κ1) is 11.2. The molecule has 0 spiro atoms. The summed E-state index contributed by atoms with van der Waals surface area (Å²) >= 11 is 0. The first-order valence-corrected chi connectivity index (χ1v) is 4.11. The highest BCUT2D eigenvalue weighted by Gasteiger charge is 2.15. The quantitative estimate of drug-likeness (QED) is 0.436. The lowest BCUT2D eigenvalue weighted by Gasteiger charge is -1.83. The maximum atomic E-state index is 10.3. The lowest BCUT2D eigenvalue weighted by Crippen LogP contribution is -1.88. The molecule has 0 aliphatic rings. The fraction of sp³-hybridized carbons (Fsp3) is 0. The lowest BCUT2D eigenvalue weighted by atomic mass is 11.0. The topological polar surface area (TPSA) is 194 Å². The number of H-pyrrole nitrogens is 2. The summed E-state index contributed by atoms with van der Waals surface area (Å²) in [6.07, 6.45) is 0. The number of nitrogens with zero attached hydrogens (tertiary/aromatic N) is 8. The Kier molecular flexibility index (Phi) is 2.65. The third-order valence-electron chi connectivity index (χ3n) is 1.50. The van der Waals surface area contributed by atoms with E-state index in [0.717, 1.165) is 0 Å². The Bertz CT molecular complexity index is 571. The summed E-state index contributed by atoms with van der Waals surface area (Å²) < 4.78 is 0. The summed E-state index contributed by atoms with van der Waals surface area (Å²) in [5.74, 6) is -1.86. The van der Waals surface area contributed by atoms with Crippen LogP contribution in [0.2, 0.25) is 0 Å². The number of aromatic nitrogens is 6. The largest absolute Gasteiger partial charge is 0.455 e. The monoisotopic (exact) mass is 254 g/mol. The van der Waals surface area contributed by atoms with Crippen molar-refractivity contribution in [1.29, 1.82) is 0 Å². The van der Waals surface area contributed by atoms with Crippen molar-refractivity contribution >= 4 is 23.8 Å². The van der Waals surface area contributed by atoms with E-state index in [2.05, 4.69) is 30.4 Å². The number of aromatic amines is 2. The average molecular weight is 254 g/mol. The molecule has 2 N–H and O–H groups in total. The molecule has 14 nitrogen and oxygen atoms in total. The minimum absolute atomic E-state index is 0.325. The van der Waals surface area contributed by atoms with E-state index in [1.54, 1.807) is 0 Å². The summed E-state index contributed by atoms with van der Waals surface area (Å²) in [6, 6.07) is 0. The number of hydrogen-bond acceptors (Lipinski definition) is 10. The molecular weight excluding hydrogens is 252 g/mol. The van der Waals surface area contributed by atoms with Crippen molar-refractivity contribution in [2.45, 2.75) is 0 Å². The second kappa shape index (κ2) is 4.28. The van der Waals surface area contributed by atoms with E-state index >= 15 is 0 Å². The maximum absolute atomic E-state index is 10.3. The third-order valence-corrected chi connectivity index (χ3v) is 1.50. The first-order valence-electron chi connectivity index (χ1n) is 4.11. The standard InChI is InChI=1S/C4H2N10O4/c15-13(16)3-5-1(9-11-3)7-8-2-6-4(12-10-2)14(17)18/h(H,5,9,11)(H,6,10,12)/b8-7+. The van der Waals surface area contributed by atoms with Crippen LogP contribution in [0.25, 0.3) is 0 Å². The van der Waals surface area contributed by atoms with Gasteiger partial charge >= 0.3 is 23.8 Å². The smallest absolute Gasteiger partial charge is 0.390 e. The molecule has 2 aromatic heterocycles. The molecule has 0 aromatic carbocycles. The van der Waals surface area contributed by atoms with Gasteiger partial charge in [-0.3, -0.25) is 0 Å². The highest BCUT2D eigenvalue weighted by atomic mass is 16.6. The minimum Gasteiger partial charge on any atom is -0.390 e. The summed E-state index contributed by atoms with van der Waals surface area (Å²) in [5, 5.41) is 37.9. The van der Waals surface area contributed by atoms with E-state index in [1.807, 2.05) is 10.2 Å². The Morgan fingerprint density at radius 2 is 1.28 bits per heavy atom. The van der Waals surface area contributed by atoms with Gasteiger partial charge in [0.05, 0.1) is 0 Å². The molecule has 0 fully saturated rings. The van der Waals surface area contributed by atoms with Crippen LogP contribution in [0.5, 0.6) is 0 Å². The van der Waals surface area contributed by atoms with Crippen LogP contribution in [-0.4, -0.2) is 40.2 Å². The van der Waals surface area contributed by atoms with E-state index in [4.69, 9.17) is 0 Å². The Morgan fingerprint density at radius 3 is 1.56 bits per heavy atom. The Balaban J connectivity index is 2.13. The SMILES string of the molecule is O=[N+]([O-])c1nc(/N=N/c2n[nH]c([N+](=O)[O-])n2)n[nH]1. The van der Waals surface area contributed by atoms with Crippen LogP contribution in [0.3, 0.4) is 0 Å². The van der Waals surface area contributed by atoms with Gasteiger partial charge in [0.15, 0.2) is 0 Å². The van der Waals surface area contributed by atoms with Crippen LogP contribution < -0.4 is 0 Å². The highest BCUT2D eigenvalue weighted by molar-refractivity contribution is 5.21. The predicted molar refractivity (Wildman–Crippen MR) is 50.3 cm³/mol. The Labute approximate surface area is 95.5 Å². The Morgan fingerprint density at radius 1 is 0.889 bits per heavy atom. The van der Waals surface area contributed by atoms with Crippen LogP contribution in [-0.2, 0) is 0 Å². The molecule has 0 saturated heterocycles. The van der Waals surface area contributed by atoms with E-state index < -0.39 is 21.7 Å². The molecule has 2 rings (SSSR count). The van der Waals surface area contributed by atoms with Gasteiger partial charge in [0.25, 0.3) is 0 Å². The van der Waals surface area contributed by atoms with Crippen molar-refractivity contribution in [2.24, 2.45) is 10.2 Å². The van der Waals surface area contributed by atoms with Gasteiger partial charge in [0, 0.05) is 0 Å². The number of hydrogen-bond donors (Lipinski definition) is 2. The van der Waals surface area contributed by atoms with Gasteiger partial charge in [0.2, 0.25) is 0 Å². The second-order valence-corrected chi connectivity index (χ2v) is 2.63. The summed E-state index contributed by atoms with van der Waals surface area (Å²) in [7, 11) is 0. The average Bonchev–Trinajstić information content (AvgIpc) is 2.95. The number of nitro groups is 2. The molecular formula is C4H2N10O4. The van der Waals surface area contributed by atoms with Gasteiger partial charge in [-0.15, -0.1) is 10.2 Å². The van der Waals surface area contributed by atoms with Crippen molar-refractivity contribution in [3.63, 3.8) is 0 Å². The molecule has 0 bridgehead atoms. The van der Waals surface area contributed by atoms with Crippen molar-refractivity contribution in [3.8, 4) is 0 Å². The molecule has 0 atom stereocenters. The molecule has 14 heteroatoms. The summed E-state index contributed by atoms with van der Waals surface area (Å²) in [5.41, 5.74) is 0. The van der Waals surface area contributed by atoms with E-state index in [0.29, 0.717) is 0 Å². The molecule has 2 aromatic rings. The molecule has 0 radical (unpaired) electrons. The molecule has 2 heterocycles. The van der Waals surface area contributed by atoms with Crippen molar-refractivity contribution in [2.75, 3.05) is 0 Å². The summed E-state index contributed by atoms with van der Waals surface area (Å²) in [4.78, 5) is 25.6. The van der Waals surface area contributed by atoms with Crippen molar-refractivity contribution in [3.05, 3.63) is 20.2 Å². The van der Waals surface area contributed by atoms with Crippen LogP contribution in [0, 0.1) is 20.2 Å². The van der Waals surface area contributed by atoms with Gasteiger partial charge in [-0.1, -0.05) is 20.4 Å². The van der Waals surface area contributed by atoms with Gasteiger partial charge in [-0.25, -0.2) is 0 Å². The molecule has 0 aliphatic heterocycles. The zero-order valence-corrected chi connectivity index (χ0v) is 8.21. The van der Waals surface area contributed by atoms with Crippen LogP contribution >= 0.6 is 0 Å². The normalized spacial score (nSPS) is 10.9. The number of nitrogens with one attached hydrogen (secondary N) is 2. The van der Waals surface area contributed by atoms with Gasteiger partial charge < -0.3 is 20.2 Å². The Hall–Kier alpha value is -3.32. The van der Waals surface area contributed by atoms with Crippen molar-refractivity contribution < 1.29 is 9.85 Å². The fourth-order valence-corrected chi connectivity index (χ4v) is 0.832. The van der Waals surface area contributed by atoms with Crippen LogP contribution in [0.15, 0.2) is 10.2 Å². The zero-order chi connectivity index (χ0) is 13.1. The van der Waals surface area contributed by atoms with E-state index in [1.165, 1.54) is 0 Å². The molecule has 0 aliphatic carbocycles. The van der Waals surface area contributed by atoms with Gasteiger partial charge in [-0.2, -0.15) is 0 Å². The minimum atomic E-state index is -0.802. The molecule has 0 saturated carbocycles. The molecule has 92 valence electrons. The summed E-state index contributed by atoms with van der Waals surface area (Å²) in [6.45, 7) is 0. The van der Waals surface area contributed by atoms with Crippen LogP contribution in [0.1, 0.15) is 0 Å².